The zero-order valence-corrected chi connectivity index (χ0v) is 8.30. The minimum absolute atomic E-state index is 0.834. The molecule has 0 aliphatic carbocycles. The van der Waals surface area contributed by atoms with Gasteiger partial charge in [0, 0.05) is 18.9 Å². The van der Waals surface area contributed by atoms with Crippen molar-refractivity contribution in [3.63, 3.8) is 0 Å². The molecule has 1 rings (SSSR count). The topological polar surface area (TPSA) is 3.24 Å². The fourth-order valence-corrected chi connectivity index (χ4v) is 1.77. The van der Waals surface area contributed by atoms with Crippen LogP contribution in [0, 0.1) is 0 Å². The van der Waals surface area contributed by atoms with Crippen LogP contribution < -0.4 is 0 Å². The van der Waals surface area contributed by atoms with Gasteiger partial charge in [-0.15, -0.1) is 0 Å². The fraction of sp³-hybridized carbons (Fsp3) is 1.00. The van der Waals surface area contributed by atoms with E-state index >= 15 is 0 Å². The Balaban J connectivity index is 2.36. The number of piperidine rings is 1. The summed E-state index contributed by atoms with van der Waals surface area (Å²) in [6.07, 6.45) is 2.72. The Hall–Kier alpha value is -0.0800. The quantitative estimate of drug-likeness (QED) is 0.509. The van der Waals surface area contributed by atoms with E-state index in [0.717, 1.165) is 6.04 Å². The van der Waals surface area contributed by atoms with Crippen LogP contribution in [0.3, 0.4) is 0 Å². The van der Waals surface area contributed by atoms with Gasteiger partial charge >= 0.3 is 0 Å². The summed E-state index contributed by atoms with van der Waals surface area (Å²) in [6.45, 7) is 2.67. The van der Waals surface area contributed by atoms with Crippen LogP contribution in [0.15, 0.2) is 0 Å². The van der Waals surface area contributed by atoms with Gasteiger partial charge in [0.15, 0.2) is 0 Å². The lowest BCUT2D eigenvalue weighted by atomic mass is 10.0. The number of quaternary nitrogens is 1. The van der Waals surface area contributed by atoms with Gasteiger partial charge in [-0.2, -0.15) is 0 Å². The van der Waals surface area contributed by atoms with Crippen molar-refractivity contribution in [3.8, 4) is 0 Å². The summed E-state index contributed by atoms with van der Waals surface area (Å²) in [6, 6.07) is 0.834. The van der Waals surface area contributed by atoms with E-state index < -0.39 is 0 Å². The molecule has 1 aliphatic rings. The number of rotatable bonds is 1. The van der Waals surface area contributed by atoms with Gasteiger partial charge in [0.05, 0.1) is 27.2 Å². The van der Waals surface area contributed by atoms with Crippen molar-refractivity contribution >= 4 is 0 Å². The fourth-order valence-electron chi connectivity index (χ4n) is 1.77. The number of hydrogen-bond acceptors (Lipinski definition) is 1. The van der Waals surface area contributed by atoms with Crippen molar-refractivity contribution in [3.05, 3.63) is 0 Å². The SMILES string of the molecule is CN(C)C1CC[N+](C)(C)CC1. The largest absolute Gasteiger partial charge is 0.328 e. The van der Waals surface area contributed by atoms with E-state index in [1.165, 1.54) is 30.4 Å². The van der Waals surface area contributed by atoms with Crippen molar-refractivity contribution in [1.82, 2.24) is 4.90 Å². The highest BCUT2D eigenvalue weighted by Gasteiger charge is 2.26. The third kappa shape index (κ3) is 2.46. The first-order valence-electron chi connectivity index (χ1n) is 4.50. The maximum Gasteiger partial charge on any atom is 0.0797 e. The second kappa shape index (κ2) is 3.11. The summed E-state index contributed by atoms with van der Waals surface area (Å²) in [7, 11) is 9.03. The summed E-state index contributed by atoms with van der Waals surface area (Å²) < 4.78 is 1.21. The highest BCUT2D eigenvalue weighted by atomic mass is 15.3. The van der Waals surface area contributed by atoms with E-state index in [0.29, 0.717) is 0 Å². The molecule has 0 aromatic heterocycles. The molecule has 0 aromatic rings. The smallest absolute Gasteiger partial charge is 0.0797 e. The number of nitrogens with zero attached hydrogens (tertiary/aromatic N) is 2. The van der Waals surface area contributed by atoms with E-state index in [1.807, 2.05) is 0 Å². The van der Waals surface area contributed by atoms with Crippen molar-refractivity contribution < 1.29 is 4.48 Å². The molecule has 0 radical (unpaired) electrons. The maximum atomic E-state index is 2.36. The lowest BCUT2D eigenvalue weighted by Gasteiger charge is -2.39. The summed E-state index contributed by atoms with van der Waals surface area (Å²) in [4.78, 5) is 2.36. The van der Waals surface area contributed by atoms with Crippen LogP contribution in [0.25, 0.3) is 0 Å². The second-order valence-corrected chi connectivity index (χ2v) is 4.58. The molecule has 1 saturated heterocycles. The first-order valence-corrected chi connectivity index (χ1v) is 4.50. The first-order chi connectivity index (χ1) is 5.01. The Morgan fingerprint density at radius 1 is 1.09 bits per heavy atom. The molecule has 66 valence electrons. The van der Waals surface area contributed by atoms with Gasteiger partial charge in [-0.1, -0.05) is 0 Å². The van der Waals surface area contributed by atoms with Gasteiger partial charge < -0.3 is 9.38 Å². The Morgan fingerprint density at radius 2 is 1.55 bits per heavy atom. The van der Waals surface area contributed by atoms with Gasteiger partial charge in [0.1, 0.15) is 0 Å². The minimum atomic E-state index is 0.834. The molecule has 1 aliphatic heterocycles. The highest BCUT2D eigenvalue weighted by molar-refractivity contribution is 4.69. The van der Waals surface area contributed by atoms with Crippen LogP contribution >= 0.6 is 0 Å². The van der Waals surface area contributed by atoms with E-state index in [1.54, 1.807) is 0 Å². The highest BCUT2D eigenvalue weighted by Crippen LogP contribution is 2.16. The van der Waals surface area contributed by atoms with Crippen molar-refractivity contribution in [1.29, 1.82) is 0 Å². The van der Waals surface area contributed by atoms with E-state index in [9.17, 15) is 0 Å². The van der Waals surface area contributed by atoms with Gasteiger partial charge in [-0.25, -0.2) is 0 Å². The monoisotopic (exact) mass is 157 g/mol. The Morgan fingerprint density at radius 3 is 1.91 bits per heavy atom. The molecule has 0 N–H and O–H groups in total. The maximum absolute atomic E-state index is 2.36. The average Bonchev–Trinajstić information content (AvgIpc) is 1.86. The zero-order chi connectivity index (χ0) is 8.48. The molecule has 11 heavy (non-hydrogen) atoms. The van der Waals surface area contributed by atoms with Crippen LogP contribution in [0.1, 0.15) is 12.8 Å². The van der Waals surface area contributed by atoms with Gasteiger partial charge in [-0.3, -0.25) is 0 Å². The summed E-state index contributed by atoms with van der Waals surface area (Å²) >= 11 is 0. The van der Waals surface area contributed by atoms with Crippen molar-refractivity contribution in [2.45, 2.75) is 18.9 Å². The molecule has 0 spiro atoms. The summed E-state index contributed by atoms with van der Waals surface area (Å²) in [5.41, 5.74) is 0. The third-order valence-electron chi connectivity index (χ3n) is 2.87. The van der Waals surface area contributed by atoms with Crippen LogP contribution in [0.4, 0.5) is 0 Å². The van der Waals surface area contributed by atoms with Crippen LogP contribution in [0.2, 0.25) is 0 Å². The molecular formula is C9H21N2+. The standard InChI is InChI=1S/C9H21N2/c1-10(2)9-5-7-11(3,4)8-6-9/h9H,5-8H2,1-4H3/q+1. The molecule has 1 fully saturated rings. The summed E-state index contributed by atoms with van der Waals surface area (Å²) in [5.74, 6) is 0. The summed E-state index contributed by atoms with van der Waals surface area (Å²) in [5, 5.41) is 0. The molecule has 0 bridgehead atoms. The normalized spacial score (nSPS) is 25.9. The average molecular weight is 157 g/mol. The van der Waals surface area contributed by atoms with Crippen LogP contribution in [-0.2, 0) is 0 Å². The molecule has 0 amide bonds. The van der Waals surface area contributed by atoms with Gasteiger partial charge in [-0.05, 0) is 14.1 Å². The molecule has 2 heteroatoms. The minimum Gasteiger partial charge on any atom is -0.328 e. The molecule has 0 saturated carbocycles. The van der Waals surface area contributed by atoms with Crippen molar-refractivity contribution in [2.24, 2.45) is 0 Å². The molecule has 0 unspecified atom stereocenters. The Labute approximate surface area is 70.4 Å². The molecule has 2 nitrogen and oxygen atoms in total. The zero-order valence-electron chi connectivity index (χ0n) is 8.30. The third-order valence-corrected chi connectivity index (χ3v) is 2.87. The second-order valence-electron chi connectivity index (χ2n) is 4.58. The Bertz CT molecular complexity index is 120. The van der Waals surface area contributed by atoms with Crippen molar-refractivity contribution in [2.75, 3.05) is 41.3 Å². The van der Waals surface area contributed by atoms with Gasteiger partial charge in [0.2, 0.25) is 0 Å². The molecule has 0 atom stereocenters. The van der Waals surface area contributed by atoms with Crippen LogP contribution in [-0.4, -0.2) is 56.7 Å². The van der Waals surface area contributed by atoms with Gasteiger partial charge in [0.25, 0.3) is 0 Å². The molecule has 1 heterocycles. The first kappa shape index (κ1) is 9.01. The molecule has 0 aromatic carbocycles. The lowest BCUT2D eigenvalue weighted by Crippen LogP contribution is -2.50. The van der Waals surface area contributed by atoms with Crippen LogP contribution in [0.5, 0.6) is 0 Å². The molecular weight excluding hydrogens is 136 g/mol. The number of likely N-dealkylation sites (tertiary alicyclic amines) is 1. The lowest BCUT2D eigenvalue weighted by molar-refractivity contribution is -0.895. The predicted octanol–water partition coefficient (Wildman–Crippen LogP) is 0.787. The Kier molecular flexibility index (Phi) is 2.55. The van der Waals surface area contributed by atoms with E-state index in [-0.39, 0.29) is 0 Å². The van der Waals surface area contributed by atoms with E-state index in [4.69, 9.17) is 0 Å². The predicted molar refractivity (Wildman–Crippen MR) is 48.6 cm³/mol. The number of hydrogen-bond donors (Lipinski definition) is 0. The van der Waals surface area contributed by atoms with E-state index in [2.05, 4.69) is 33.1 Å².